The van der Waals surface area contributed by atoms with Crippen molar-refractivity contribution in [2.75, 3.05) is 45.0 Å². The fourth-order valence-corrected chi connectivity index (χ4v) is 4.85. The zero-order valence-corrected chi connectivity index (χ0v) is 17.1. The summed E-state index contributed by atoms with van der Waals surface area (Å²) in [6, 6.07) is 5.57. The number of halogens is 2. The lowest BCUT2D eigenvalue weighted by molar-refractivity contribution is -0.132. The number of carbonyl (C=O) groups excluding carboxylic acids is 2. The highest BCUT2D eigenvalue weighted by molar-refractivity contribution is 8.00. The number of benzene rings is 1. The van der Waals surface area contributed by atoms with Crippen LogP contribution in [0.4, 0.5) is 0 Å². The average Bonchev–Trinajstić information content (AvgIpc) is 3.02. The minimum absolute atomic E-state index is 0.0137. The van der Waals surface area contributed by atoms with E-state index < -0.39 is 0 Å². The van der Waals surface area contributed by atoms with Gasteiger partial charge in [0, 0.05) is 45.7 Å². The second-order valence-corrected chi connectivity index (χ2v) is 8.38. The van der Waals surface area contributed by atoms with Gasteiger partial charge >= 0.3 is 0 Å². The molecule has 3 rings (SSSR count). The molecule has 5 nitrogen and oxygen atoms in total. The van der Waals surface area contributed by atoms with Crippen LogP contribution < -0.4 is 0 Å². The molecule has 1 atom stereocenters. The molecule has 0 N–H and O–H groups in total. The largest absolute Gasteiger partial charge is 0.340 e. The smallest absolute Gasteiger partial charge is 0.233 e. The van der Waals surface area contributed by atoms with E-state index in [9.17, 15) is 9.59 Å². The van der Waals surface area contributed by atoms with E-state index in [0.717, 1.165) is 38.3 Å². The quantitative estimate of drug-likeness (QED) is 0.740. The van der Waals surface area contributed by atoms with Gasteiger partial charge in [0.1, 0.15) is 5.37 Å². The van der Waals surface area contributed by atoms with Crippen LogP contribution in [0.25, 0.3) is 0 Å². The van der Waals surface area contributed by atoms with Crippen LogP contribution in [0.15, 0.2) is 18.2 Å². The van der Waals surface area contributed by atoms with Crippen LogP contribution in [-0.4, -0.2) is 71.5 Å². The van der Waals surface area contributed by atoms with Crippen LogP contribution in [0.5, 0.6) is 0 Å². The molecule has 0 aliphatic carbocycles. The van der Waals surface area contributed by atoms with E-state index in [1.807, 2.05) is 28.9 Å². The Kier molecular flexibility index (Phi) is 6.72. The zero-order chi connectivity index (χ0) is 18.7. The minimum Gasteiger partial charge on any atom is -0.340 e. The second kappa shape index (κ2) is 8.83. The van der Waals surface area contributed by atoms with Crippen molar-refractivity contribution in [3.8, 4) is 0 Å². The number of amides is 2. The van der Waals surface area contributed by atoms with Crippen molar-refractivity contribution in [1.29, 1.82) is 0 Å². The summed E-state index contributed by atoms with van der Waals surface area (Å²) in [7, 11) is 0. The van der Waals surface area contributed by atoms with Gasteiger partial charge in [-0.2, -0.15) is 0 Å². The Morgan fingerprint density at radius 3 is 2.54 bits per heavy atom. The van der Waals surface area contributed by atoms with Gasteiger partial charge in [-0.1, -0.05) is 36.2 Å². The Morgan fingerprint density at radius 1 is 1.15 bits per heavy atom. The first kappa shape index (κ1) is 19.8. The Bertz CT molecular complexity index is 680. The fourth-order valence-electron chi connectivity index (χ4n) is 3.33. The first-order chi connectivity index (χ1) is 12.5. The summed E-state index contributed by atoms with van der Waals surface area (Å²) in [6.07, 6.45) is 0.560. The lowest BCUT2D eigenvalue weighted by atomic mass is 10.2. The summed E-state index contributed by atoms with van der Waals surface area (Å²) < 4.78 is 0. The van der Waals surface area contributed by atoms with E-state index in [-0.39, 0.29) is 17.2 Å². The van der Waals surface area contributed by atoms with Gasteiger partial charge in [0.15, 0.2) is 0 Å². The topological polar surface area (TPSA) is 43.9 Å². The predicted molar refractivity (Wildman–Crippen MR) is 107 cm³/mol. The first-order valence-corrected chi connectivity index (χ1v) is 10.7. The van der Waals surface area contributed by atoms with Gasteiger partial charge in [-0.15, -0.1) is 11.8 Å². The standard InChI is InChI=1S/C18H23Cl2N3O2S/c1-2-16(24)22-8-5-21(6-9-22)7-10-23-17(25)12-26-18(23)13-3-4-14(19)15(20)11-13/h3-4,11,18H,2,5-10,12H2,1H3. The summed E-state index contributed by atoms with van der Waals surface area (Å²) in [6.45, 7) is 6.65. The Labute approximate surface area is 168 Å². The molecule has 2 saturated heterocycles. The summed E-state index contributed by atoms with van der Waals surface area (Å²) in [5.41, 5.74) is 1.01. The van der Waals surface area contributed by atoms with E-state index in [4.69, 9.17) is 23.2 Å². The molecule has 0 aromatic heterocycles. The predicted octanol–water partition coefficient (Wildman–Crippen LogP) is 3.12. The van der Waals surface area contributed by atoms with E-state index >= 15 is 0 Å². The van der Waals surface area contributed by atoms with Crippen molar-refractivity contribution >= 4 is 46.8 Å². The van der Waals surface area contributed by atoms with Crippen molar-refractivity contribution in [3.05, 3.63) is 33.8 Å². The van der Waals surface area contributed by atoms with Crippen LogP contribution in [-0.2, 0) is 9.59 Å². The number of hydrogen-bond donors (Lipinski definition) is 0. The molecule has 26 heavy (non-hydrogen) atoms. The molecule has 2 aliphatic heterocycles. The van der Waals surface area contributed by atoms with Gasteiger partial charge in [-0.05, 0) is 17.7 Å². The van der Waals surface area contributed by atoms with Gasteiger partial charge in [-0.3, -0.25) is 14.5 Å². The molecular weight excluding hydrogens is 393 g/mol. The van der Waals surface area contributed by atoms with E-state index in [1.165, 1.54) is 0 Å². The molecule has 2 amide bonds. The van der Waals surface area contributed by atoms with Crippen LogP contribution in [0.1, 0.15) is 24.3 Å². The fraction of sp³-hybridized carbons (Fsp3) is 0.556. The Hall–Kier alpha value is -0.950. The first-order valence-electron chi connectivity index (χ1n) is 8.85. The number of hydrogen-bond acceptors (Lipinski definition) is 4. The molecule has 2 fully saturated rings. The molecule has 2 aliphatic rings. The lowest BCUT2D eigenvalue weighted by Gasteiger charge is -2.36. The summed E-state index contributed by atoms with van der Waals surface area (Å²) in [5, 5.41) is 1.02. The van der Waals surface area contributed by atoms with E-state index in [1.54, 1.807) is 17.8 Å². The number of carbonyl (C=O) groups is 2. The molecule has 0 spiro atoms. The third-order valence-electron chi connectivity index (χ3n) is 4.88. The summed E-state index contributed by atoms with van der Waals surface area (Å²) >= 11 is 13.8. The van der Waals surface area contributed by atoms with Gasteiger partial charge < -0.3 is 9.80 Å². The van der Waals surface area contributed by atoms with Crippen molar-refractivity contribution in [2.24, 2.45) is 0 Å². The summed E-state index contributed by atoms with van der Waals surface area (Å²) in [4.78, 5) is 30.3. The Balaban J connectivity index is 1.57. The highest BCUT2D eigenvalue weighted by Crippen LogP contribution is 2.40. The highest BCUT2D eigenvalue weighted by Gasteiger charge is 2.33. The normalized spacial score (nSPS) is 21.5. The summed E-state index contributed by atoms with van der Waals surface area (Å²) in [5.74, 6) is 0.866. The molecular formula is C18H23Cl2N3O2S. The van der Waals surface area contributed by atoms with Gasteiger partial charge in [0.05, 0.1) is 15.8 Å². The molecule has 1 unspecified atom stereocenters. The Morgan fingerprint density at radius 2 is 1.88 bits per heavy atom. The monoisotopic (exact) mass is 415 g/mol. The van der Waals surface area contributed by atoms with Crippen molar-refractivity contribution in [2.45, 2.75) is 18.7 Å². The maximum Gasteiger partial charge on any atom is 0.233 e. The average molecular weight is 416 g/mol. The zero-order valence-electron chi connectivity index (χ0n) is 14.8. The maximum absolute atomic E-state index is 12.3. The number of nitrogens with zero attached hydrogens (tertiary/aromatic N) is 3. The molecule has 1 aromatic rings. The molecule has 142 valence electrons. The van der Waals surface area contributed by atoms with E-state index in [2.05, 4.69) is 4.90 Å². The third-order valence-corrected chi connectivity index (χ3v) is 6.88. The maximum atomic E-state index is 12.3. The van der Waals surface area contributed by atoms with Crippen molar-refractivity contribution < 1.29 is 9.59 Å². The van der Waals surface area contributed by atoms with Crippen LogP contribution in [0, 0.1) is 0 Å². The van der Waals surface area contributed by atoms with Gasteiger partial charge in [-0.25, -0.2) is 0 Å². The van der Waals surface area contributed by atoms with Gasteiger partial charge in [0.25, 0.3) is 0 Å². The number of rotatable bonds is 5. The lowest BCUT2D eigenvalue weighted by Crippen LogP contribution is -2.50. The number of piperazine rings is 1. The minimum atomic E-state index is -0.0137. The molecule has 0 saturated carbocycles. The van der Waals surface area contributed by atoms with Crippen LogP contribution in [0.3, 0.4) is 0 Å². The van der Waals surface area contributed by atoms with Crippen LogP contribution in [0.2, 0.25) is 10.0 Å². The van der Waals surface area contributed by atoms with Crippen molar-refractivity contribution in [3.63, 3.8) is 0 Å². The van der Waals surface area contributed by atoms with Gasteiger partial charge in [0.2, 0.25) is 11.8 Å². The van der Waals surface area contributed by atoms with Crippen molar-refractivity contribution in [1.82, 2.24) is 14.7 Å². The second-order valence-electron chi connectivity index (χ2n) is 6.50. The highest BCUT2D eigenvalue weighted by atomic mass is 35.5. The molecule has 0 radical (unpaired) electrons. The molecule has 8 heteroatoms. The SMILES string of the molecule is CCC(=O)N1CCN(CCN2C(=O)CSC2c2ccc(Cl)c(Cl)c2)CC1. The number of thioether (sulfide) groups is 1. The molecule has 0 bridgehead atoms. The third kappa shape index (κ3) is 4.47. The van der Waals surface area contributed by atoms with Crippen LogP contribution >= 0.6 is 35.0 Å². The van der Waals surface area contributed by atoms with E-state index in [0.29, 0.717) is 28.8 Å². The molecule has 2 heterocycles. The molecule has 1 aromatic carbocycles.